The van der Waals surface area contributed by atoms with E-state index in [9.17, 15) is 4.79 Å². The number of aryl methyl sites for hydroxylation is 1. The first-order valence-corrected chi connectivity index (χ1v) is 9.34. The number of benzene rings is 1. The molecule has 1 aliphatic heterocycles. The van der Waals surface area contributed by atoms with E-state index in [1.807, 2.05) is 19.1 Å². The van der Waals surface area contributed by atoms with Crippen LogP contribution in [0, 0.1) is 6.92 Å². The zero-order valence-electron chi connectivity index (χ0n) is 15.9. The van der Waals surface area contributed by atoms with Crippen LogP contribution >= 0.6 is 0 Å². The minimum atomic E-state index is 0.180. The van der Waals surface area contributed by atoms with E-state index >= 15 is 0 Å². The van der Waals surface area contributed by atoms with Gasteiger partial charge >= 0.3 is 0 Å². The number of rotatable bonds is 5. The van der Waals surface area contributed by atoms with Gasteiger partial charge in [-0.25, -0.2) is 0 Å². The van der Waals surface area contributed by atoms with Gasteiger partial charge in [0.25, 0.3) is 0 Å². The molecule has 1 fully saturated rings. The molecule has 0 unspecified atom stereocenters. The van der Waals surface area contributed by atoms with Crippen molar-refractivity contribution in [2.45, 2.75) is 27.3 Å². The van der Waals surface area contributed by atoms with Gasteiger partial charge in [-0.05, 0) is 46.0 Å². The molecule has 3 rings (SSSR count). The van der Waals surface area contributed by atoms with Crippen LogP contribution in [0.5, 0.6) is 0 Å². The fraction of sp³-hybridized carbons (Fsp3) is 0.550. The van der Waals surface area contributed by atoms with Crippen LogP contribution in [0.1, 0.15) is 25.1 Å². The summed E-state index contributed by atoms with van der Waals surface area (Å²) < 4.78 is 0. The predicted molar refractivity (Wildman–Crippen MR) is 106 cm³/mol. The highest BCUT2D eigenvalue weighted by atomic mass is 16.1. The number of H-pyrrole nitrogens is 1. The van der Waals surface area contributed by atoms with Gasteiger partial charge in [0.1, 0.15) is 0 Å². The Morgan fingerprint density at radius 1 is 1.12 bits per heavy atom. The summed E-state index contributed by atoms with van der Waals surface area (Å²) >= 11 is 0. The molecular weight excluding hydrogens is 312 g/mol. The first-order chi connectivity index (χ1) is 12.0. The van der Waals surface area contributed by atoms with Crippen LogP contribution in [0.3, 0.4) is 0 Å². The van der Waals surface area contributed by atoms with E-state index in [-0.39, 0.29) is 5.43 Å². The van der Waals surface area contributed by atoms with Crippen LogP contribution in [0.15, 0.2) is 23.0 Å². The quantitative estimate of drug-likeness (QED) is 0.906. The highest BCUT2D eigenvalue weighted by Gasteiger charge is 2.18. The Kier molecular flexibility index (Phi) is 5.45. The number of nitrogens with zero attached hydrogens (tertiary/aromatic N) is 3. The maximum atomic E-state index is 13.2. The van der Waals surface area contributed by atoms with Gasteiger partial charge in [-0.1, -0.05) is 0 Å². The molecule has 1 saturated heterocycles. The van der Waals surface area contributed by atoms with Crippen molar-refractivity contribution in [2.24, 2.45) is 0 Å². The molecule has 0 amide bonds. The minimum Gasteiger partial charge on any atom is -0.372 e. The number of anilines is 1. The number of aromatic nitrogens is 1. The largest absolute Gasteiger partial charge is 0.372 e. The number of hydrogen-bond donors (Lipinski definition) is 1. The third-order valence-electron chi connectivity index (χ3n) is 5.40. The van der Waals surface area contributed by atoms with Gasteiger partial charge in [0.15, 0.2) is 5.43 Å². The summed E-state index contributed by atoms with van der Waals surface area (Å²) in [7, 11) is 2.15. The van der Waals surface area contributed by atoms with Crippen molar-refractivity contribution in [1.29, 1.82) is 0 Å². The van der Waals surface area contributed by atoms with Crippen LogP contribution < -0.4 is 10.3 Å². The van der Waals surface area contributed by atoms with Gasteiger partial charge in [0.2, 0.25) is 0 Å². The number of likely N-dealkylation sites (N-methyl/N-ethyl adjacent to an activating group) is 1. The fourth-order valence-corrected chi connectivity index (χ4v) is 3.64. The molecule has 5 heteroatoms. The van der Waals surface area contributed by atoms with E-state index < -0.39 is 0 Å². The molecule has 0 bridgehead atoms. The molecule has 1 N–H and O–H groups in total. The molecule has 2 heterocycles. The van der Waals surface area contributed by atoms with Crippen molar-refractivity contribution in [3.05, 3.63) is 39.7 Å². The second-order valence-corrected chi connectivity index (χ2v) is 7.04. The summed E-state index contributed by atoms with van der Waals surface area (Å²) in [6.07, 6.45) is 0. The summed E-state index contributed by atoms with van der Waals surface area (Å²) in [5.74, 6) is 0. The van der Waals surface area contributed by atoms with Crippen molar-refractivity contribution in [2.75, 3.05) is 51.2 Å². The van der Waals surface area contributed by atoms with E-state index in [0.717, 1.165) is 73.7 Å². The molecule has 0 saturated carbocycles. The maximum Gasteiger partial charge on any atom is 0.194 e. The lowest BCUT2D eigenvalue weighted by molar-refractivity contribution is 0.147. The molecule has 0 radical (unpaired) electrons. The number of fused-ring (bicyclic) bond motifs is 1. The van der Waals surface area contributed by atoms with Crippen molar-refractivity contribution in [3.8, 4) is 0 Å². The lowest BCUT2D eigenvalue weighted by atomic mass is 10.1. The summed E-state index contributed by atoms with van der Waals surface area (Å²) in [4.78, 5) is 23.6. The van der Waals surface area contributed by atoms with Crippen LogP contribution in [-0.2, 0) is 6.54 Å². The molecule has 1 aromatic heterocycles. The first-order valence-electron chi connectivity index (χ1n) is 9.34. The lowest BCUT2D eigenvalue weighted by Gasteiger charge is -2.32. The lowest BCUT2D eigenvalue weighted by Crippen LogP contribution is -2.44. The molecule has 136 valence electrons. The van der Waals surface area contributed by atoms with Crippen LogP contribution in [-0.4, -0.2) is 61.1 Å². The smallest absolute Gasteiger partial charge is 0.194 e. The average Bonchev–Trinajstić information content (AvgIpc) is 2.61. The molecular formula is C20H30N4O. The highest BCUT2D eigenvalue weighted by molar-refractivity contribution is 5.83. The van der Waals surface area contributed by atoms with Gasteiger partial charge in [-0.3, -0.25) is 9.69 Å². The monoisotopic (exact) mass is 342 g/mol. The van der Waals surface area contributed by atoms with E-state index in [0.29, 0.717) is 0 Å². The zero-order chi connectivity index (χ0) is 18.0. The van der Waals surface area contributed by atoms with Crippen molar-refractivity contribution in [3.63, 3.8) is 0 Å². The molecule has 2 aromatic rings. The topological polar surface area (TPSA) is 42.6 Å². The van der Waals surface area contributed by atoms with E-state index in [2.05, 4.69) is 46.6 Å². The Morgan fingerprint density at radius 3 is 2.44 bits per heavy atom. The zero-order valence-corrected chi connectivity index (χ0v) is 15.9. The number of aromatic amines is 1. The van der Waals surface area contributed by atoms with Crippen molar-refractivity contribution in [1.82, 2.24) is 14.8 Å². The fourth-order valence-electron chi connectivity index (χ4n) is 3.64. The van der Waals surface area contributed by atoms with Crippen LogP contribution in [0.4, 0.5) is 5.69 Å². The second kappa shape index (κ2) is 7.58. The Labute approximate surface area is 150 Å². The predicted octanol–water partition coefficient (Wildman–Crippen LogP) is 2.43. The van der Waals surface area contributed by atoms with E-state index in [1.165, 1.54) is 0 Å². The van der Waals surface area contributed by atoms with Crippen molar-refractivity contribution < 1.29 is 0 Å². The maximum absolute atomic E-state index is 13.2. The second-order valence-electron chi connectivity index (χ2n) is 7.04. The normalized spacial score (nSPS) is 16.5. The molecule has 0 atom stereocenters. The van der Waals surface area contributed by atoms with Gasteiger partial charge < -0.3 is 14.8 Å². The Morgan fingerprint density at radius 2 is 1.80 bits per heavy atom. The van der Waals surface area contributed by atoms with E-state index in [4.69, 9.17) is 0 Å². The molecule has 1 aliphatic rings. The SMILES string of the molecule is CCN(CC)c1ccc2[nH]c(C)c(CN3CCN(C)CC3)c(=O)c2c1. The van der Waals surface area contributed by atoms with Gasteiger partial charge in [0.05, 0.1) is 0 Å². The summed E-state index contributed by atoms with van der Waals surface area (Å²) in [5.41, 5.74) is 4.14. The molecule has 25 heavy (non-hydrogen) atoms. The number of piperazine rings is 1. The number of hydrogen-bond acceptors (Lipinski definition) is 4. The van der Waals surface area contributed by atoms with Crippen LogP contribution in [0.25, 0.3) is 10.9 Å². The number of pyridine rings is 1. The van der Waals surface area contributed by atoms with Gasteiger partial charge in [0, 0.05) is 73.7 Å². The van der Waals surface area contributed by atoms with Gasteiger partial charge in [-0.2, -0.15) is 0 Å². The molecule has 5 nitrogen and oxygen atoms in total. The summed E-state index contributed by atoms with van der Waals surface area (Å²) in [6, 6.07) is 6.19. The number of nitrogens with one attached hydrogen (secondary N) is 1. The average molecular weight is 342 g/mol. The Bertz CT molecular complexity index is 786. The summed E-state index contributed by atoms with van der Waals surface area (Å²) in [6.45, 7) is 13.1. The van der Waals surface area contributed by atoms with Crippen molar-refractivity contribution >= 4 is 16.6 Å². The van der Waals surface area contributed by atoms with Gasteiger partial charge in [-0.15, -0.1) is 0 Å². The third-order valence-corrected chi connectivity index (χ3v) is 5.40. The molecule has 0 spiro atoms. The van der Waals surface area contributed by atoms with E-state index in [1.54, 1.807) is 0 Å². The Hall–Kier alpha value is -1.85. The third kappa shape index (κ3) is 3.72. The Balaban J connectivity index is 1.97. The molecule has 0 aliphatic carbocycles. The molecule has 1 aromatic carbocycles. The van der Waals surface area contributed by atoms with Crippen LogP contribution in [0.2, 0.25) is 0 Å². The standard InChI is InChI=1S/C20H30N4O/c1-5-24(6-2)16-7-8-19-17(13-16)20(25)18(15(3)21-19)14-23-11-9-22(4)10-12-23/h7-8,13H,5-6,9-12,14H2,1-4H3,(H,21,25). The summed E-state index contributed by atoms with van der Waals surface area (Å²) in [5, 5.41) is 0.805. The first kappa shape index (κ1) is 18.0. The minimum absolute atomic E-state index is 0.180. The highest BCUT2D eigenvalue weighted by Crippen LogP contribution is 2.21.